The zero-order chi connectivity index (χ0) is 6.85. The molecule has 0 aliphatic carbocycles. The zero-order valence-electron chi connectivity index (χ0n) is 4.44. The van der Waals surface area contributed by atoms with Gasteiger partial charge in [0.15, 0.2) is 0 Å². The minimum absolute atomic E-state index is 0. The van der Waals surface area contributed by atoms with Gasteiger partial charge in [0, 0.05) is 5.02 Å². The average molecular weight is 231 g/mol. The minimum atomic E-state index is 0. The monoisotopic (exact) mass is 230 g/mol. The van der Waals surface area contributed by atoms with E-state index in [0.717, 1.165) is 0 Å². The molecule has 0 heterocycles. The van der Waals surface area contributed by atoms with E-state index in [0.29, 0.717) is 9.50 Å². The predicted molar refractivity (Wildman–Crippen MR) is 48.0 cm³/mol. The van der Waals surface area contributed by atoms with Crippen molar-refractivity contribution in [2.24, 2.45) is 0 Å². The fourth-order valence-corrected chi connectivity index (χ4v) is 1.16. The molecule has 0 aliphatic heterocycles. The van der Waals surface area contributed by atoms with Gasteiger partial charge in [0.1, 0.15) is 5.75 Å². The van der Waals surface area contributed by atoms with Crippen LogP contribution in [-0.4, -0.2) is 34.7 Å². The van der Waals surface area contributed by atoms with E-state index in [1.165, 1.54) is 6.07 Å². The molecule has 0 saturated heterocycles. The van der Waals surface area contributed by atoms with Gasteiger partial charge in [0.2, 0.25) is 0 Å². The summed E-state index contributed by atoms with van der Waals surface area (Å²) in [5.74, 6) is 0.208. The normalized spacial score (nSPS) is 8.60. The van der Waals surface area contributed by atoms with Gasteiger partial charge in [0.25, 0.3) is 0 Å². The molecule has 0 saturated carbocycles. The summed E-state index contributed by atoms with van der Waals surface area (Å²) in [5, 5.41) is 9.55. The molecular formula is C6H5BrClNaO. The van der Waals surface area contributed by atoms with Gasteiger partial charge in [-0.15, -0.1) is 0 Å². The first-order valence-corrected chi connectivity index (χ1v) is 3.51. The zero-order valence-corrected chi connectivity index (χ0v) is 6.78. The molecule has 0 fully saturated rings. The van der Waals surface area contributed by atoms with Gasteiger partial charge in [-0.25, -0.2) is 0 Å². The van der Waals surface area contributed by atoms with Crippen molar-refractivity contribution in [3.63, 3.8) is 0 Å². The summed E-state index contributed by atoms with van der Waals surface area (Å²) in [7, 11) is 0. The van der Waals surface area contributed by atoms with E-state index in [1.54, 1.807) is 12.1 Å². The number of aromatic hydroxyl groups is 1. The van der Waals surface area contributed by atoms with Crippen molar-refractivity contribution in [2.75, 3.05) is 0 Å². The fraction of sp³-hybridized carbons (Fsp3) is 0. The molecule has 1 N–H and O–H groups in total. The second kappa shape index (κ2) is 4.62. The van der Waals surface area contributed by atoms with Gasteiger partial charge in [0.05, 0.1) is 4.47 Å². The van der Waals surface area contributed by atoms with Crippen LogP contribution in [0.4, 0.5) is 0 Å². The predicted octanol–water partition coefficient (Wildman–Crippen LogP) is 2.16. The number of hydrogen-bond donors (Lipinski definition) is 1. The Morgan fingerprint density at radius 2 is 2.00 bits per heavy atom. The van der Waals surface area contributed by atoms with Crippen molar-refractivity contribution in [1.29, 1.82) is 0 Å². The quantitative estimate of drug-likeness (QED) is 0.679. The van der Waals surface area contributed by atoms with E-state index >= 15 is 0 Å². The molecule has 0 amide bonds. The summed E-state index contributed by atoms with van der Waals surface area (Å²) >= 11 is 8.69. The SMILES string of the molecule is Oc1ccc(Cl)cc1Br.[NaH]. The maximum atomic E-state index is 8.94. The van der Waals surface area contributed by atoms with Gasteiger partial charge < -0.3 is 5.11 Å². The molecule has 0 bridgehead atoms. The van der Waals surface area contributed by atoms with E-state index < -0.39 is 0 Å². The van der Waals surface area contributed by atoms with Gasteiger partial charge in [-0.1, -0.05) is 11.6 Å². The molecule has 10 heavy (non-hydrogen) atoms. The maximum absolute atomic E-state index is 8.94. The third kappa shape index (κ3) is 2.81. The Morgan fingerprint density at radius 1 is 1.40 bits per heavy atom. The van der Waals surface area contributed by atoms with Crippen LogP contribution in [0, 0.1) is 0 Å². The fourth-order valence-electron chi connectivity index (χ4n) is 0.481. The first-order chi connectivity index (χ1) is 4.20. The summed E-state index contributed by atoms with van der Waals surface area (Å²) < 4.78 is 0.620. The van der Waals surface area contributed by atoms with Crippen LogP contribution in [0.1, 0.15) is 0 Å². The molecule has 4 heteroatoms. The average Bonchev–Trinajstić information content (AvgIpc) is 1.80. The molecule has 0 unspecified atom stereocenters. The number of phenols is 1. The number of phenolic OH excluding ortho intramolecular Hbond substituents is 1. The molecule has 0 radical (unpaired) electrons. The van der Waals surface area contributed by atoms with Crippen molar-refractivity contribution < 1.29 is 5.11 Å². The summed E-state index contributed by atoms with van der Waals surface area (Å²) in [6.07, 6.45) is 0. The Hall–Kier alpha value is 0.790. The molecule has 1 aromatic rings. The molecule has 1 rings (SSSR count). The van der Waals surface area contributed by atoms with Gasteiger partial charge in [-0.05, 0) is 34.1 Å². The van der Waals surface area contributed by atoms with Crippen LogP contribution in [0.15, 0.2) is 22.7 Å². The van der Waals surface area contributed by atoms with Crippen LogP contribution in [0.2, 0.25) is 5.02 Å². The van der Waals surface area contributed by atoms with Gasteiger partial charge >= 0.3 is 29.6 Å². The molecule has 1 aromatic carbocycles. The molecule has 50 valence electrons. The van der Waals surface area contributed by atoms with E-state index in [-0.39, 0.29) is 35.3 Å². The van der Waals surface area contributed by atoms with Crippen LogP contribution >= 0.6 is 27.5 Å². The summed E-state index contributed by atoms with van der Waals surface area (Å²) in [4.78, 5) is 0. The van der Waals surface area contributed by atoms with Gasteiger partial charge in [-0.3, -0.25) is 0 Å². The van der Waals surface area contributed by atoms with Crippen LogP contribution in [0.25, 0.3) is 0 Å². The second-order valence-electron chi connectivity index (χ2n) is 1.60. The Morgan fingerprint density at radius 3 is 2.40 bits per heavy atom. The summed E-state index contributed by atoms with van der Waals surface area (Å²) in [6, 6.07) is 4.80. The first-order valence-electron chi connectivity index (χ1n) is 2.34. The van der Waals surface area contributed by atoms with Crippen molar-refractivity contribution in [3.05, 3.63) is 27.7 Å². The van der Waals surface area contributed by atoms with Crippen molar-refractivity contribution in [1.82, 2.24) is 0 Å². The van der Waals surface area contributed by atoms with Crippen molar-refractivity contribution >= 4 is 57.1 Å². The summed E-state index contributed by atoms with van der Waals surface area (Å²) in [5.41, 5.74) is 0. The van der Waals surface area contributed by atoms with E-state index in [2.05, 4.69) is 15.9 Å². The molecule has 0 aliphatic rings. The van der Waals surface area contributed by atoms with Crippen molar-refractivity contribution in [3.8, 4) is 5.75 Å². The third-order valence-electron chi connectivity index (χ3n) is 0.910. The van der Waals surface area contributed by atoms with E-state index in [4.69, 9.17) is 16.7 Å². The molecule has 0 atom stereocenters. The van der Waals surface area contributed by atoms with Gasteiger partial charge in [-0.2, -0.15) is 0 Å². The van der Waals surface area contributed by atoms with E-state index in [9.17, 15) is 0 Å². The Balaban J connectivity index is 0.000000810. The molecule has 1 nitrogen and oxygen atoms in total. The second-order valence-corrected chi connectivity index (χ2v) is 2.89. The van der Waals surface area contributed by atoms with Crippen LogP contribution in [0.3, 0.4) is 0 Å². The van der Waals surface area contributed by atoms with Crippen LogP contribution in [-0.2, 0) is 0 Å². The number of rotatable bonds is 0. The Labute approximate surface area is 94.8 Å². The van der Waals surface area contributed by atoms with Crippen LogP contribution in [0.5, 0.6) is 5.75 Å². The Kier molecular flexibility index (Phi) is 4.99. The first kappa shape index (κ1) is 10.8. The van der Waals surface area contributed by atoms with Crippen LogP contribution < -0.4 is 0 Å². The topological polar surface area (TPSA) is 20.2 Å². The number of benzene rings is 1. The number of halogens is 2. The van der Waals surface area contributed by atoms with Crippen molar-refractivity contribution in [2.45, 2.75) is 0 Å². The third-order valence-corrected chi connectivity index (χ3v) is 1.78. The standard InChI is InChI=1S/C6H4BrClO.Na.H/c7-5-3-4(8)1-2-6(5)9;;/h1-3,9H;;. The number of hydrogen-bond acceptors (Lipinski definition) is 1. The molecule has 0 spiro atoms. The van der Waals surface area contributed by atoms with E-state index in [1.807, 2.05) is 0 Å². The Bertz CT molecular complexity index is 229. The summed E-state index contributed by atoms with van der Waals surface area (Å²) in [6.45, 7) is 0. The molecule has 0 aromatic heterocycles. The molecular weight excluding hydrogens is 226 g/mol.